The number of nitrogens with one attached hydrogen (secondary N) is 2. The molecular formula is C23H29FN4O2. The van der Waals surface area contributed by atoms with Gasteiger partial charge in [-0.05, 0) is 77.0 Å². The van der Waals surface area contributed by atoms with Gasteiger partial charge in [0.05, 0.1) is 17.1 Å². The van der Waals surface area contributed by atoms with Gasteiger partial charge in [-0.15, -0.1) is 0 Å². The molecule has 7 heteroatoms. The molecule has 1 aromatic heterocycles. The average molecular weight is 413 g/mol. The number of aromatic hydroxyl groups is 1. The van der Waals surface area contributed by atoms with Gasteiger partial charge in [-0.25, -0.2) is 4.39 Å². The van der Waals surface area contributed by atoms with Crippen molar-refractivity contribution in [2.45, 2.75) is 40.0 Å². The van der Waals surface area contributed by atoms with E-state index in [-0.39, 0.29) is 11.8 Å². The molecule has 3 N–H and O–H groups in total. The molecule has 30 heavy (non-hydrogen) atoms. The predicted molar refractivity (Wildman–Crippen MR) is 117 cm³/mol. The van der Waals surface area contributed by atoms with Crippen molar-refractivity contribution in [1.82, 2.24) is 15.2 Å². The van der Waals surface area contributed by atoms with Crippen molar-refractivity contribution >= 4 is 17.7 Å². The number of rotatable bonds is 5. The summed E-state index contributed by atoms with van der Waals surface area (Å²) in [6, 6.07) is 5.63. The van der Waals surface area contributed by atoms with E-state index in [0.717, 1.165) is 25.2 Å². The summed E-state index contributed by atoms with van der Waals surface area (Å²) in [6.45, 7) is 8.33. The number of carbonyl (C=O) groups is 1. The Kier molecular flexibility index (Phi) is 7.05. The minimum Gasteiger partial charge on any atom is -0.494 e. The number of amides is 1. The molecule has 0 atom stereocenters. The first kappa shape index (κ1) is 21.8. The van der Waals surface area contributed by atoms with Gasteiger partial charge in [0.25, 0.3) is 0 Å². The monoisotopic (exact) mass is 412 g/mol. The van der Waals surface area contributed by atoms with Crippen LogP contribution in [0, 0.1) is 12.7 Å². The molecule has 0 bridgehead atoms. The maximum absolute atomic E-state index is 13.8. The lowest BCUT2D eigenvalue weighted by molar-refractivity contribution is -0.120. The number of hydrogen-bond acceptors (Lipinski definition) is 4. The lowest BCUT2D eigenvalue weighted by atomic mass is 10.1. The molecular weight excluding hydrogens is 383 g/mol. The second-order valence-corrected chi connectivity index (χ2v) is 7.74. The molecule has 1 aromatic rings. The molecule has 6 nitrogen and oxygen atoms in total. The quantitative estimate of drug-likeness (QED) is 0.684. The van der Waals surface area contributed by atoms with E-state index in [1.54, 1.807) is 19.1 Å². The third kappa shape index (κ3) is 5.57. The summed E-state index contributed by atoms with van der Waals surface area (Å²) in [6.07, 6.45) is 4.52. The van der Waals surface area contributed by atoms with Gasteiger partial charge >= 0.3 is 0 Å². The topological polar surface area (TPSA) is 80.7 Å². The first-order chi connectivity index (χ1) is 14.3. The molecule has 1 fully saturated rings. The molecule has 0 aromatic carbocycles. The first-order valence-corrected chi connectivity index (χ1v) is 10.3. The van der Waals surface area contributed by atoms with E-state index in [2.05, 4.69) is 20.2 Å². The normalized spacial score (nSPS) is 18.0. The second kappa shape index (κ2) is 9.71. The highest BCUT2D eigenvalue weighted by Crippen LogP contribution is 2.27. The van der Waals surface area contributed by atoms with Crippen LogP contribution in [0.2, 0.25) is 0 Å². The smallest absolute Gasteiger partial charge is 0.225 e. The number of likely N-dealkylation sites (tertiary alicyclic amines) is 1. The first-order valence-electron chi connectivity index (χ1n) is 10.3. The van der Waals surface area contributed by atoms with Crippen LogP contribution in [0.3, 0.4) is 0 Å². The highest BCUT2D eigenvalue weighted by Gasteiger charge is 2.20. The lowest BCUT2D eigenvalue weighted by Crippen LogP contribution is -2.30. The number of aromatic amines is 1. The number of carbonyl (C=O) groups excluding carboxylic acids is 1. The van der Waals surface area contributed by atoms with Crippen LogP contribution >= 0.6 is 0 Å². The summed E-state index contributed by atoms with van der Waals surface area (Å²) >= 11 is 0. The Morgan fingerprint density at radius 1 is 1.23 bits per heavy atom. The summed E-state index contributed by atoms with van der Waals surface area (Å²) in [7, 11) is 0. The molecule has 0 aliphatic carbocycles. The summed E-state index contributed by atoms with van der Waals surface area (Å²) in [5, 5.41) is 13.4. The zero-order valence-electron chi connectivity index (χ0n) is 17.8. The fourth-order valence-corrected chi connectivity index (χ4v) is 3.59. The highest BCUT2D eigenvalue weighted by atomic mass is 19.1. The van der Waals surface area contributed by atoms with Crippen molar-refractivity contribution in [3.63, 3.8) is 0 Å². The number of aliphatic imine (C=N–C) groups is 1. The Labute approximate surface area is 176 Å². The van der Waals surface area contributed by atoms with Crippen molar-refractivity contribution in [1.29, 1.82) is 0 Å². The van der Waals surface area contributed by atoms with Gasteiger partial charge in [0.2, 0.25) is 5.91 Å². The minimum absolute atomic E-state index is 0.0360. The van der Waals surface area contributed by atoms with Gasteiger partial charge in [-0.2, -0.15) is 0 Å². The molecule has 1 saturated heterocycles. The van der Waals surface area contributed by atoms with Crippen molar-refractivity contribution < 1.29 is 14.3 Å². The van der Waals surface area contributed by atoms with E-state index >= 15 is 0 Å². The van der Waals surface area contributed by atoms with Crippen molar-refractivity contribution in [3.05, 3.63) is 58.3 Å². The van der Waals surface area contributed by atoms with E-state index in [4.69, 9.17) is 0 Å². The molecule has 0 spiro atoms. The van der Waals surface area contributed by atoms with E-state index in [0.29, 0.717) is 34.8 Å². The van der Waals surface area contributed by atoms with Crippen LogP contribution in [0.1, 0.15) is 44.4 Å². The molecule has 3 rings (SSSR count). The summed E-state index contributed by atoms with van der Waals surface area (Å²) < 4.78 is 13.8. The van der Waals surface area contributed by atoms with Gasteiger partial charge in [0, 0.05) is 29.8 Å². The molecule has 0 unspecified atom stereocenters. The maximum Gasteiger partial charge on any atom is 0.225 e. The molecule has 160 valence electrons. The van der Waals surface area contributed by atoms with Crippen LogP contribution < -0.4 is 5.32 Å². The Morgan fingerprint density at radius 2 is 1.93 bits per heavy atom. The van der Waals surface area contributed by atoms with Crippen LogP contribution in [0.15, 0.2) is 46.2 Å². The zero-order chi connectivity index (χ0) is 21.7. The molecule has 0 saturated carbocycles. The second-order valence-electron chi connectivity index (χ2n) is 7.74. The van der Waals surface area contributed by atoms with Crippen molar-refractivity contribution in [2.24, 2.45) is 4.99 Å². The minimum atomic E-state index is -0.425. The van der Waals surface area contributed by atoms with Crippen molar-refractivity contribution in [3.8, 4) is 5.88 Å². The van der Waals surface area contributed by atoms with Crippen LogP contribution in [-0.2, 0) is 4.79 Å². The van der Waals surface area contributed by atoms with Crippen LogP contribution in [0.5, 0.6) is 5.88 Å². The largest absolute Gasteiger partial charge is 0.494 e. The fourth-order valence-electron chi connectivity index (χ4n) is 3.59. The van der Waals surface area contributed by atoms with E-state index in [9.17, 15) is 14.3 Å². The third-order valence-electron chi connectivity index (χ3n) is 5.32. The van der Waals surface area contributed by atoms with Gasteiger partial charge in [0.1, 0.15) is 5.82 Å². The number of allylic oxidation sites excluding steroid dienone is 2. The van der Waals surface area contributed by atoms with Crippen LogP contribution in [0.4, 0.5) is 4.39 Å². The summed E-state index contributed by atoms with van der Waals surface area (Å²) in [4.78, 5) is 22.1. The van der Waals surface area contributed by atoms with Crippen molar-refractivity contribution in [2.75, 3.05) is 19.6 Å². The SMILES string of the molecule is CC1=NC(=Cc2ccc(F)ccc(C)[nH]c2O)C(C)=C1NC(=O)CCN1CCCC1. The van der Waals surface area contributed by atoms with E-state index in [1.807, 2.05) is 13.8 Å². The molecule has 2 aliphatic rings. The predicted octanol–water partition coefficient (Wildman–Crippen LogP) is 3.98. The standard InChI is InChI=1S/C23H29FN4O2/c1-15-6-8-19(24)9-7-18(23(30)25-15)14-20-16(2)22(17(3)26-20)27-21(29)10-13-28-11-4-5-12-28/h6-9,14,25,30H,4-5,10-13H2,1-3H3,(H,27,29). The Balaban J connectivity index is 1.82. The molecule has 3 heterocycles. The van der Waals surface area contributed by atoms with Gasteiger partial charge in [-0.1, -0.05) is 0 Å². The van der Waals surface area contributed by atoms with Gasteiger partial charge in [0.15, 0.2) is 5.88 Å². The van der Waals surface area contributed by atoms with E-state index in [1.165, 1.54) is 31.0 Å². The number of nitrogens with zero attached hydrogens (tertiary/aromatic N) is 2. The fraction of sp³-hybridized carbons (Fsp3) is 0.391. The van der Waals surface area contributed by atoms with Crippen LogP contribution in [0.25, 0.3) is 6.08 Å². The summed E-state index contributed by atoms with van der Waals surface area (Å²) in [5.74, 6) is -0.559. The maximum atomic E-state index is 13.8. The number of aromatic nitrogens is 1. The third-order valence-corrected chi connectivity index (χ3v) is 5.32. The number of aryl methyl sites for hydroxylation is 1. The molecule has 2 aliphatic heterocycles. The zero-order valence-corrected chi connectivity index (χ0v) is 17.8. The van der Waals surface area contributed by atoms with Gasteiger partial charge in [-0.3, -0.25) is 9.79 Å². The van der Waals surface area contributed by atoms with E-state index < -0.39 is 5.82 Å². The average Bonchev–Trinajstić information content (AvgIpc) is 3.32. The Morgan fingerprint density at radius 3 is 2.67 bits per heavy atom. The van der Waals surface area contributed by atoms with Crippen LogP contribution in [-0.4, -0.2) is 46.2 Å². The molecule has 0 radical (unpaired) electrons. The number of hydrogen-bond donors (Lipinski definition) is 3. The number of H-pyrrole nitrogens is 1. The lowest BCUT2D eigenvalue weighted by Gasteiger charge is -2.14. The number of halogens is 1. The Hall–Kier alpha value is -2.93. The highest BCUT2D eigenvalue weighted by molar-refractivity contribution is 6.06. The van der Waals surface area contributed by atoms with Gasteiger partial charge < -0.3 is 20.3 Å². The Bertz CT molecular complexity index is 967. The summed E-state index contributed by atoms with van der Waals surface area (Å²) in [5.41, 5.74) is 3.80. The molecule has 1 amide bonds.